The van der Waals surface area contributed by atoms with Gasteiger partial charge in [0.15, 0.2) is 17.2 Å². The third kappa shape index (κ3) is 2.26. The zero-order valence-electron chi connectivity index (χ0n) is 12.4. The molecule has 0 radical (unpaired) electrons. The largest absolute Gasteiger partial charge is 0.497 e. The van der Waals surface area contributed by atoms with Gasteiger partial charge in [-0.15, -0.1) is 0 Å². The van der Waals surface area contributed by atoms with Crippen molar-refractivity contribution >= 4 is 16.8 Å². The van der Waals surface area contributed by atoms with Gasteiger partial charge in [0.25, 0.3) is 0 Å². The fourth-order valence-electron chi connectivity index (χ4n) is 2.52. The molecule has 0 saturated heterocycles. The summed E-state index contributed by atoms with van der Waals surface area (Å²) in [6.45, 7) is 1.88. The molecule has 0 aliphatic rings. The number of aryl methyl sites for hydroxylation is 1. The van der Waals surface area contributed by atoms with Crippen LogP contribution >= 0.6 is 0 Å². The maximum atomic E-state index is 13.9. The van der Waals surface area contributed by atoms with Crippen LogP contribution in [0.5, 0.6) is 5.75 Å². The fourth-order valence-corrected chi connectivity index (χ4v) is 2.52. The Labute approximate surface area is 127 Å². The van der Waals surface area contributed by atoms with Gasteiger partial charge >= 0.3 is 0 Å². The number of methoxy groups -OCH3 is 1. The predicted molar refractivity (Wildman–Crippen MR) is 82.0 cm³/mol. The number of ether oxygens (including phenoxy) is 1. The van der Waals surface area contributed by atoms with Crippen LogP contribution in [-0.4, -0.2) is 12.9 Å². The lowest BCUT2D eigenvalue weighted by Gasteiger charge is -2.03. The molecule has 0 N–H and O–H groups in total. The molecular weight excluding hydrogens is 283 g/mol. The van der Waals surface area contributed by atoms with Crippen molar-refractivity contribution in [3.05, 3.63) is 65.2 Å². The summed E-state index contributed by atoms with van der Waals surface area (Å²) in [6, 6.07) is 11.4. The molecule has 0 aliphatic carbocycles. The van der Waals surface area contributed by atoms with Crippen LogP contribution in [0.15, 0.2) is 46.9 Å². The maximum Gasteiger partial charge on any atom is 0.197 e. The molecule has 0 amide bonds. The Morgan fingerprint density at radius 1 is 1.18 bits per heavy atom. The number of carbonyl (C=O) groups is 1. The minimum absolute atomic E-state index is 0.135. The highest BCUT2D eigenvalue weighted by Gasteiger charge is 2.22. The van der Waals surface area contributed by atoms with Crippen molar-refractivity contribution in [1.29, 1.82) is 0 Å². The summed E-state index contributed by atoms with van der Waals surface area (Å²) < 4.78 is 24.5. The molecular formula is C18H15FO3. The molecule has 1 heterocycles. The van der Waals surface area contributed by atoms with Crippen molar-refractivity contribution in [3.8, 4) is 5.75 Å². The molecule has 3 aromatic rings. The first-order valence-electron chi connectivity index (χ1n) is 7.04. The zero-order valence-corrected chi connectivity index (χ0v) is 12.4. The molecule has 3 rings (SSSR count). The molecule has 22 heavy (non-hydrogen) atoms. The van der Waals surface area contributed by atoms with E-state index in [0.717, 1.165) is 0 Å². The summed E-state index contributed by atoms with van der Waals surface area (Å²) in [4.78, 5) is 12.8. The van der Waals surface area contributed by atoms with E-state index in [2.05, 4.69) is 0 Å². The van der Waals surface area contributed by atoms with Crippen LogP contribution in [-0.2, 0) is 6.42 Å². The normalized spacial score (nSPS) is 10.9. The van der Waals surface area contributed by atoms with Crippen molar-refractivity contribution in [2.45, 2.75) is 13.3 Å². The number of ketones is 1. The summed E-state index contributed by atoms with van der Waals surface area (Å²) in [7, 11) is 1.57. The van der Waals surface area contributed by atoms with Crippen LogP contribution in [0.25, 0.3) is 11.0 Å². The molecule has 0 bridgehead atoms. The SMILES string of the molecule is CCc1oc2c(F)cccc2c1C(=O)c1ccc(OC)cc1. The monoisotopic (exact) mass is 298 g/mol. The molecule has 2 aromatic carbocycles. The van der Waals surface area contributed by atoms with Gasteiger partial charge in [0.05, 0.1) is 12.7 Å². The van der Waals surface area contributed by atoms with Crippen LogP contribution in [0.1, 0.15) is 28.6 Å². The molecule has 112 valence electrons. The second-order valence-electron chi connectivity index (χ2n) is 4.93. The van der Waals surface area contributed by atoms with Gasteiger partial charge in [-0.3, -0.25) is 4.79 Å². The number of carbonyl (C=O) groups excluding carboxylic acids is 1. The number of fused-ring (bicyclic) bond motifs is 1. The van der Waals surface area contributed by atoms with Gasteiger partial charge in [-0.2, -0.15) is 0 Å². The van der Waals surface area contributed by atoms with Crippen molar-refractivity contribution in [1.82, 2.24) is 0 Å². The summed E-state index contributed by atoms with van der Waals surface area (Å²) in [5.41, 5.74) is 1.08. The molecule has 0 spiro atoms. The van der Waals surface area contributed by atoms with E-state index in [4.69, 9.17) is 9.15 Å². The van der Waals surface area contributed by atoms with E-state index < -0.39 is 5.82 Å². The Balaban J connectivity index is 2.15. The fraction of sp³-hybridized carbons (Fsp3) is 0.167. The number of hydrogen-bond donors (Lipinski definition) is 0. The van der Waals surface area contributed by atoms with Gasteiger partial charge in [0.1, 0.15) is 11.5 Å². The van der Waals surface area contributed by atoms with Crippen LogP contribution in [0.4, 0.5) is 4.39 Å². The molecule has 0 aliphatic heterocycles. The first-order chi connectivity index (χ1) is 10.7. The van der Waals surface area contributed by atoms with Gasteiger partial charge in [0, 0.05) is 17.4 Å². The minimum atomic E-state index is -0.457. The molecule has 0 unspecified atom stereocenters. The summed E-state index contributed by atoms with van der Waals surface area (Å²) >= 11 is 0. The van der Waals surface area contributed by atoms with Crippen LogP contribution in [0, 0.1) is 5.82 Å². The molecule has 4 heteroatoms. The summed E-state index contributed by atoms with van der Waals surface area (Å²) in [5, 5.41) is 0.512. The van der Waals surface area contributed by atoms with Gasteiger partial charge in [-0.05, 0) is 30.3 Å². The number of halogens is 1. The lowest BCUT2D eigenvalue weighted by molar-refractivity contribution is 0.103. The first kappa shape index (κ1) is 14.3. The van der Waals surface area contributed by atoms with Crippen molar-refractivity contribution in [2.75, 3.05) is 7.11 Å². The Hall–Kier alpha value is -2.62. The number of benzene rings is 2. The molecule has 0 fully saturated rings. The molecule has 0 atom stereocenters. The highest BCUT2D eigenvalue weighted by atomic mass is 19.1. The lowest BCUT2D eigenvalue weighted by atomic mass is 9.99. The number of rotatable bonds is 4. The van der Waals surface area contributed by atoms with Gasteiger partial charge in [0.2, 0.25) is 0 Å². The Morgan fingerprint density at radius 3 is 2.55 bits per heavy atom. The number of furan rings is 1. The van der Waals surface area contributed by atoms with E-state index in [1.807, 2.05) is 6.92 Å². The first-order valence-corrected chi connectivity index (χ1v) is 7.04. The topological polar surface area (TPSA) is 39.4 Å². The Morgan fingerprint density at radius 2 is 1.91 bits per heavy atom. The van der Waals surface area contributed by atoms with E-state index in [1.54, 1.807) is 43.5 Å². The second kappa shape index (κ2) is 5.64. The van der Waals surface area contributed by atoms with Crippen molar-refractivity contribution in [2.24, 2.45) is 0 Å². The van der Waals surface area contributed by atoms with Crippen LogP contribution in [0.2, 0.25) is 0 Å². The summed E-state index contributed by atoms with van der Waals surface area (Å²) in [6.07, 6.45) is 0.519. The minimum Gasteiger partial charge on any atom is -0.497 e. The highest BCUT2D eigenvalue weighted by molar-refractivity contribution is 6.16. The molecule has 0 saturated carbocycles. The molecule has 3 nitrogen and oxygen atoms in total. The van der Waals surface area contributed by atoms with E-state index >= 15 is 0 Å². The number of hydrogen-bond acceptors (Lipinski definition) is 3. The lowest BCUT2D eigenvalue weighted by Crippen LogP contribution is -2.03. The quantitative estimate of drug-likeness (QED) is 0.671. The third-order valence-corrected chi connectivity index (χ3v) is 3.64. The van der Waals surface area contributed by atoms with Crippen LogP contribution in [0.3, 0.4) is 0 Å². The van der Waals surface area contributed by atoms with Crippen molar-refractivity contribution < 1.29 is 18.3 Å². The average molecular weight is 298 g/mol. The second-order valence-corrected chi connectivity index (χ2v) is 4.93. The van der Waals surface area contributed by atoms with E-state index in [-0.39, 0.29) is 11.4 Å². The smallest absolute Gasteiger partial charge is 0.197 e. The van der Waals surface area contributed by atoms with E-state index in [9.17, 15) is 9.18 Å². The van der Waals surface area contributed by atoms with Gasteiger partial charge in [-0.25, -0.2) is 4.39 Å². The average Bonchev–Trinajstić information content (AvgIpc) is 2.94. The maximum absolute atomic E-state index is 13.9. The van der Waals surface area contributed by atoms with Crippen molar-refractivity contribution in [3.63, 3.8) is 0 Å². The van der Waals surface area contributed by atoms with Gasteiger partial charge < -0.3 is 9.15 Å². The van der Waals surface area contributed by atoms with E-state index in [1.165, 1.54) is 6.07 Å². The Kier molecular flexibility index (Phi) is 3.67. The van der Waals surface area contributed by atoms with Crippen LogP contribution < -0.4 is 4.74 Å². The van der Waals surface area contributed by atoms with E-state index in [0.29, 0.717) is 34.4 Å². The van der Waals surface area contributed by atoms with Gasteiger partial charge in [-0.1, -0.05) is 19.1 Å². The molecule has 1 aromatic heterocycles. The zero-order chi connectivity index (χ0) is 15.7. The third-order valence-electron chi connectivity index (χ3n) is 3.64. The highest BCUT2D eigenvalue weighted by Crippen LogP contribution is 2.30. The Bertz CT molecular complexity index is 831. The predicted octanol–water partition coefficient (Wildman–Crippen LogP) is 4.37. The standard InChI is InChI=1S/C18H15FO3/c1-3-15-16(13-5-4-6-14(19)18(13)22-15)17(20)11-7-9-12(21-2)10-8-11/h4-10H,3H2,1-2H3. The summed E-state index contributed by atoms with van der Waals surface area (Å²) in [5.74, 6) is 0.543. The number of para-hydroxylation sites is 1.